The lowest BCUT2D eigenvalue weighted by Crippen LogP contribution is -2.27. The maximum Gasteiger partial charge on any atom is 0.278 e. The molecule has 0 radical (unpaired) electrons. The summed E-state index contributed by atoms with van der Waals surface area (Å²) in [5.41, 5.74) is 1.84. The molecule has 2 aromatic heterocycles. The van der Waals surface area contributed by atoms with Gasteiger partial charge in [-0.05, 0) is 24.6 Å². The lowest BCUT2D eigenvalue weighted by molar-refractivity contribution is -0.0242. The number of hydrogen-bond donors (Lipinski definition) is 0. The minimum Gasteiger partial charge on any atom is -0.470 e. The molecule has 1 amide bonds. The van der Waals surface area contributed by atoms with Gasteiger partial charge >= 0.3 is 0 Å². The van der Waals surface area contributed by atoms with Crippen molar-refractivity contribution >= 4 is 29.1 Å². The molecule has 1 atom stereocenters. The highest BCUT2D eigenvalue weighted by Crippen LogP contribution is 2.35. The van der Waals surface area contributed by atoms with Crippen LogP contribution in [0.2, 0.25) is 10.2 Å². The summed E-state index contributed by atoms with van der Waals surface area (Å²) in [6.07, 6.45) is 2.94. The smallest absolute Gasteiger partial charge is 0.278 e. The summed E-state index contributed by atoms with van der Waals surface area (Å²) in [5.74, 6) is -3.23. The minimum atomic E-state index is -2.99. The van der Waals surface area contributed by atoms with E-state index in [0.29, 0.717) is 28.4 Å². The average molecular weight is 402 g/mol. The monoisotopic (exact) mass is 401 g/mol. The second-order valence-corrected chi connectivity index (χ2v) is 6.92. The molecule has 1 aliphatic rings. The van der Waals surface area contributed by atoms with E-state index in [1.54, 1.807) is 17.0 Å². The van der Waals surface area contributed by atoms with Gasteiger partial charge in [0.25, 0.3) is 11.8 Å². The van der Waals surface area contributed by atoms with Gasteiger partial charge < -0.3 is 9.64 Å². The molecule has 0 fully saturated rings. The highest BCUT2D eigenvalue weighted by molar-refractivity contribution is 6.32. The van der Waals surface area contributed by atoms with Crippen LogP contribution in [0.1, 0.15) is 41.4 Å². The van der Waals surface area contributed by atoms with Crippen molar-refractivity contribution in [3.05, 3.63) is 51.4 Å². The Bertz CT molecular complexity index is 858. The Morgan fingerprint density at radius 1 is 1.38 bits per heavy atom. The molecule has 26 heavy (non-hydrogen) atoms. The van der Waals surface area contributed by atoms with Gasteiger partial charge in [-0.3, -0.25) is 4.79 Å². The molecule has 0 N–H and O–H groups in total. The SMILES string of the molecule is CC(c1cnc(OCC(C)(F)F)c(Cl)c1)N1Cc2c(ccnc2Cl)C1=O. The summed E-state index contributed by atoms with van der Waals surface area (Å²) in [6.45, 7) is 2.06. The van der Waals surface area contributed by atoms with Gasteiger partial charge in [0.2, 0.25) is 5.88 Å². The summed E-state index contributed by atoms with van der Waals surface area (Å²) >= 11 is 12.2. The number of carbonyl (C=O) groups is 1. The Kier molecular flexibility index (Phi) is 5.03. The van der Waals surface area contributed by atoms with E-state index in [0.717, 1.165) is 6.92 Å². The first-order valence-electron chi connectivity index (χ1n) is 7.78. The quantitative estimate of drug-likeness (QED) is 0.690. The lowest BCUT2D eigenvalue weighted by atomic mass is 10.1. The molecule has 0 saturated heterocycles. The maximum atomic E-state index is 12.9. The van der Waals surface area contributed by atoms with Crippen LogP contribution in [0.15, 0.2) is 24.5 Å². The zero-order valence-corrected chi connectivity index (χ0v) is 15.5. The van der Waals surface area contributed by atoms with Crippen LogP contribution in [-0.4, -0.2) is 33.3 Å². The van der Waals surface area contributed by atoms with Gasteiger partial charge in [0, 0.05) is 30.4 Å². The number of hydrogen-bond acceptors (Lipinski definition) is 4. The van der Waals surface area contributed by atoms with Crippen LogP contribution in [0.3, 0.4) is 0 Å². The van der Waals surface area contributed by atoms with E-state index in [-0.39, 0.29) is 22.9 Å². The molecule has 3 heterocycles. The average Bonchev–Trinajstić information content (AvgIpc) is 2.91. The van der Waals surface area contributed by atoms with E-state index >= 15 is 0 Å². The van der Waals surface area contributed by atoms with Crippen molar-refractivity contribution in [2.45, 2.75) is 32.4 Å². The van der Waals surface area contributed by atoms with Crippen LogP contribution in [-0.2, 0) is 6.54 Å². The lowest BCUT2D eigenvalue weighted by Gasteiger charge is -2.24. The van der Waals surface area contributed by atoms with Crippen LogP contribution in [0.4, 0.5) is 8.78 Å². The predicted molar refractivity (Wildman–Crippen MR) is 92.9 cm³/mol. The molecule has 9 heteroatoms. The molecule has 5 nitrogen and oxygen atoms in total. The number of alkyl halides is 2. The third kappa shape index (κ3) is 3.73. The normalized spacial score (nSPS) is 15.2. The molecule has 0 spiro atoms. The zero-order valence-electron chi connectivity index (χ0n) is 14.0. The molecule has 2 aromatic rings. The van der Waals surface area contributed by atoms with Crippen LogP contribution < -0.4 is 4.74 Å². The molecular formula is C17H15Cl2F2N3O2. The summed E-state index contributed by atoms with van der Waals surface area (Å²) in [7, 11) is 0. The first-order chi connectivity index (χ1) is 12.2. The number of amides is 1. The van der Waals surface area contributed by atoms with Gasteiger partial charge in [0.1, 0.15) is 10.2 Å². The largest absolute Gasteiger partial charge is 0.470 e. The Balaban J connectivity index is 1.79. The molecule has 0 bridgehead atoms. The number of fused-ring (bicyclic) bond motifs is 1. The van der Waals surface area contributed by atoms with Crippen molar-refractivity contribution in [1.82, 2.24) is 14.9 Å². The number of pyridine rings is 2. The van der Waals surface area contributed by atoms with Gasteiger partial charge in [0.05, 0.1) is 12.6 Å². The molecule has 138 valence electrons. The highest BCUT2D eigenvalue weighted by Gasteiger charge is 2.33. The van der Waals surface area contributed by atoms with Crippen molar-refractivity contribution < 1.29 is 18.3 Å². The molecule has 0 saturated carbocycles. The second-order valence-electron chi connectivity index (χ2n) is 6.15. The minimum absolute atomic E-state index is 0.0765. The molecular weight excluding hydrogens is 387 g/mol. The molecule has 1 unspecified atom stereocenters. The number of aromatic nitrogens is 2. The molecule has 3 rings (SSSR count). The van der Waals surface area contributed by atoms with Crippen LogP contribution in [0, 0.1) is 0 Å². The standard InChI is InChI=1S/C17H15Cl2F2N3O2/c1-9(24-7-12-11(16(24)25)3-4-22-14(12)19)10-5-13(18)15(23-6-10)26-8-17(2,20)21/h3-6,9H,7-8H2,1-2H3. The first kappa shape index (κ1) is 18.8. The summed E-state index contributed by atoms with van der Waals surface area (Å²) in [5, 5.41) is 0.397. The van der Waals surface area contributed by atoms with E-state index in [9.17, 15) is 13.6 Å². The fourth-order valence-corrected chi connectivity index (χ4v) is 3.12. The molecule has 0 aliphatic carbocycles. The van der Waals surface area contributed by atoms with Gasteiger partial charge in [0.15, 0.2) is 6.61 Å². The fraction of sp³-hybridized carbons (Fsp3) is 0.353. The van der Waals surface area contributed by atoms with Gasteiger partial charge in [-0.2, -0.15) is 0 Å². The fourth-order valence-electron chi connectivity index (χ4n) is 2.68. The van der Waals surface area contributed by atoms with Crippen molar-refractivity contribution in [2.24, 2.45) is 0 Å². The predicted octanol–water partition coefficient (Wildman–Crippen LogP) is 4.53. The Hall–Kier alpha value is -1.99. The van der Waals surface area contributed by atoms with Crippen LogP contribution >= 0.6 is 23.2 Å². The number of halogens is 4. The van der Waals surface area contributed by atoms with E-state index in [2.05, 4.69) is 9.97 Å². The van der Waals surface area contributed by atoms with Crippen molar-refractivity contribution in [2.75, 3.05) is 6.61 Å². The van der Waals surface area contributed by atoms with Crippen molar-refractivity contribution in [1.29, 1.82) is 0 Å². The second kappa shape index (κ2) is 6.96. The zero-order chi connectivity index (χ0) is 19.1. The third-order valence-electron chi connectivity index (χ3n) is 4.06. The third-order valence-corrected chi connectivity index (χ3v) is 4.66. The summed E-state index contributed by atoms with van der Waals surface area (Å²) in [6, 6.07) is 2.83. The number of nitrogens with zero attached hydrogens (tertiary/aromatic N) is 3. The van der Waals surface area contributed by atoms with E-state index < -0.39 is 12.5 Å². The number of rotatable bonds is 5. The van der Waals surface area contributed by atoms with E-state index in [1.807, 2.05) is 6.92 Å². The first-order valence-corrected chi connectivity index (χ1v) is 8.53. The highest BCUT2D eigenvalue weighted by atomic mass is 35.5. The van der Waals surface area contributed by atoms with Crippen molar-refractivity contribution in [3.63, 3.8) is 0 Å². The van der Waals surface area contributed by atoms with Crippen LogP contribution in [0.5, 0.6) is 5.88 Å². The Morgan fingerprint density at radius 2 is 2.12 bits per heavy atom. The molecule has 1 aliphatic heterocycles. The summed E-state index contributed by atoms with van der Waals surface area (Å²) in [4.78, 5) is 22.2. The number of ether oxygens (including phenoxy) is 1. The maximum absolute atomic E-state index is 12.9. The van der Waals surface area contributed by atoms with E-state index in [1.165, 1.54) is 12.4 Å². The number of carbonyl (C=O) groups excluding carboxylic acids is 1. The Labute approximate surface area is 158 Å². The van der Waals surface area contributed by atoms with Crippen LogP contribution in [0.25, 0.3) is 0 Å². The van der Waals surface area contributed by atoms with Gasteiger partial charge in [-0.1, -0.05) is 23.2 Å². The topological polar surface area (TPSA) is 55.3 Å². The molecule has 0 aromatic carbocycles. The van der Waals surface area contributed by atoms with Crippen molar-refractivity contribution in [3.8, 4) is 5.88 Å². The Morgan fingerprint density at radius 3 is 2.73 bits per heavy atom. The van der Waals surface area contributed by atoms with Gasteiger partial charge in [-0.25, -0.2) is 18.7 Å². The van der Waals surface area contributed by atoms with E-state index in [4.69, 9.17) is 27.9 Å². The summed E-state index contributed by atoms with van der Waals surface area (Å²) < 4.78 is 30.8. The van der Waals surface area contributed by atoms with Gasteiger partial charge in [-0.15, -0.1) is 0 Å².